The molecule has 6 heteroatoms. The van der Waals surface area contributed by atoms with Gasteiger partial charge in [-0.25, -0.2) is 4.68 Å². The van der Waals surface area contributed by atoms with Crippen molar-refractivity contribution in [3.63, 3.8) is 0 Å². The van der Waals surface area contributed by atoms with Crippen LogP contribution < -0.4 is 10.6 Å². The molecule has 1 aromatic heterocycles. The summed E-state index contributed by atoms with van der Waals surface area (Å²) in [5, 5.41) is 14.6. The summed E-state index contributed by atoms with van der Waals surface area (Å²) in [6.45, 7) is 3.93. The van der Waals surface area contributed by atoms with Gasteiger partial charge in [0.05, 0.1) is 18.3 Å². The molecule has 144 valence electrons. The Kier molecular flexibility index (Phi) is 5.48. The van der Waals surface area contributed by atoms with E-state index in [4.69, 9.17) is 0 Å². The normalized spacial score (nSPS) is 15.9. The van der Waals surface area contributed by atoms with Crippen LogP contribution in [-0.2, 0) is 0 Å². The number of carbonyl (C=O) groups is 1. The average Bonchev–Trinajstić information content (AvgIpc) is 3.26. The van der Waals surface area contributed by atoms with Crippen molar-refractivity contribution in [1.82, 2.24) is 25.6 Å². The summed E-state index contributed by atoms with van der Waals surface area (Å²) >= 11 is 0. The van der Waals surface area contributed by atoms with Gasteiger partial charge in [-0.15, -0.1) is 5.10 Å². The monoisotopic (exact) mass is 375 g/mol. The highest BCUT2D eigenvalue weighted by Crippen LogP contribution is 2.22. The Bertz CT molecular complexity index is 914. The summed E-state index contributed by atoms with van der Waals surface area (Å²) in [7, 11) is 0. The van der Waals surface area contributed by atoms with Crippen molar-refractivity contribution in [2.45, 2.75) is 31.8 Å². The van der Waals surface area contributed by atoms with E-state index in [2.05, 4.69) is 57.3 Å². The number of nitrogens with zero attached hydrogens (tertiary/aromatic N) is 3. The van der Waals surface area contributed by atoms with E-state index < -0.39 is 0 Å². The van der Waals surface area contributed by atoms with E-state index in [1.807, 2.05) is 29.8 Å². The molecular formula is C22H25N5O. The fourth-order valence-electron chi connectivity index (χ4n) is 3.58. The Morgan fingerprint density at radius 2 is 1.75 bits per heavy atom. The quantitative estimate of drug-likeness (QED) is 0.717. The highest BCUT2D eigenvalue weighted by atomic mass is 16.2. The number of piperidine rings is 1. The lowest BCUT2D eigenvalue weighted by Gasteiger charge is -2.22. The number of aromatic nitrogens is 3. The molecule has 1 aliphatic heterocycles. The van der Waals surface area contributed by atoms with Gasteiger partial charge < -0.3 is 10.6 Å². The molecule has 1 fully saturated rings. The second kappa shape index (κ2) is 8.35. The molecule has 0 spiro atoms. The van der Waals surface area contributed by atoms with E-state index in [-0.39, 0.29) is 11.9 Å². The number of benzene rings is 2. The molecule has 1 aliphatic rings. The lowest BCUT2D eigenvalue weighted by Crippen LogP contribution is -2.29. The van der Waals surface area contributed by atoms with Crippen LogP contribution in [0.5, 0.6) is 0 Å². The minimum absolute atomic E-state index is 0.110. The molecule has 6 nitrogen and oxygen atoms in total. The molecule has 1 unspecified atom stereocenters. The smallest absolute Gasteiger partial charge is 0.273 e. The Hall–Kier alpha value is -2.99. The van der Waals surface area contributed by atoms with Crippen LogP contribution in [0.25, 0.3) is 11.1 Å². The lowest BCUT2D eigenvalue weighted by atomic mass is 10.0. The van der Waals surface area contributed by atoms with Gasteiger partial charge >= 0.3 is 0 Å². The first-order valence-electron chi connectivity index (χ1n) is 9.79. The summed E-state index contributed by atoms with van der Waals surface area (Å²) in [5.41, 5.74) is 3.76. The SMILES string of the molecule is CC(NC(=O)c1cn(C2CCNCC2)nn1)c1ccc(-c2ccccc2)cc1. The summed E-state index contributed by atoms with van der Waals surface area (Å²) in [5.74, 6) is -0.195. The zero-order valence-electron chi connectivity index (χ0n) is 16.0. The molecule has 0 aliphatic carbocycles. The van der Waals surface area contributed by atoms with Crippen LogP contribution in [0.15, 0.2) is 60.8 Å². The lowest BCUT2D eigenvalue weighted by molar-refractivity contribution is 0.0934. The molecule has 1 amide bonds. The third-order valence-corrected chi connectivity index (χ3v) is 5.29. The fourth-order valence-corrected chi connectivity index (χ4v) is 3.58. The van der Waals surface area contributed by atoms with Crippen LogP contribution in [0.1, 0.15) is 47.9 Å². The molecule has 0 radical (unpaired) electrons. The van der Waals surface area contributed by atoms with Crippen LogP contribution in [0.2, 0.25) is 0 Å². The van der Waals surface area contributed by atoms with Crippen molar-refractivity contribution < 1.29 is 4.79 Å². The van der Waals surface area contributed by atoms with Gasteiger partial charge in [-0.3, -0.25) is 4.79 Å². The predicted molar refractivity (Wildman–Crippen MR) is 109 cm³/mol. The fraction of sp³-hybridized carbons (Fsp3) is 0.318. The van der Waals surface area contributed by atoms with Crippen molar-refractivity contribution in [2.75, 3.05) is 13.1 Å². The number of nitrogens with one attached hydrogen (secondary N) is 2. The van der Waals surface area contributed by atoms with Crippen molar-refractivity contribution >= 4 is 5.91 Å². The van der Waals surface area contributed by atoms with E-state index in [9.17, 15) is 4.79 Å². The van der Waals surface area contributed by atoms with Gasteiger partial charge in [0, 0.05) is 0 Å². The van der Waals surface area contributed by atoms with Crippen LogP contribution in [0.4, 0.5) is 0 Å². The number of carbonyl (C=O) groups excluding carboxylic acids is 1. The third-order valence-electron chi connectivity index (χ3n) is 5.29. The minimum Gasteiger partial charge on any atom is -0.344 e. The maximum absolute atomic E-state index is 12.6. The first-order chi connectivity index (χ1) is 13.7. The number of hydrogen-bond acceptors (Lipinski definition) is 4. The standard InChI is InChI=1S/C22H25N5O/c1-16(17-7-9-19(10-8-17)18-5-3-2-4-6-18)24-22(28)21-15-27(26-25-21)20-11-13-23-14-12-20/h2-10,15-16,20,23H,11-14H2,1H3,(H,24,28). The number of rotatable bonds is 5. The van der Waals surface area contributed by atoms with Crippen molar-refractivity contribution in [3.8, 4) is 11.1 Å². The predicted octanol–water partition coefficient (Wildman–Crippen LogP) is 3.36. The maximum atomic E-state index is 12.6. The Balaban J connectivity index is 1.40. The van der Waals surface area contributed by atoms with Crippen LogP contribution in [0.3, 0.4) is 0 Å². The van der Waals surface area contributed by atoms with Crippen LogP contribution >= 0.6 is 0 Å². The van der Waals surface area contributed by atoms with E-state index in [1.54, 1.807) is 6.20 Å². The van der Waals surface area contributed by atoms with Gasteiger partial charge in [0.15, 0.2) is 5.69 Å². The summed E-state index contributed by atoms with van der Waals surface area (Å²) in [6, 6.07) is 18.7. The topological polar surface area (TPSA) is 71.8 Å². The first-order valence-corrected chi connectivity index (χ1v) is 9.79. The van der Waals surface area contributed by atoms with Crippen molar-refractivity contribution in [1.29, 1.82) is 0 Å². The van der Waals surface area contributed by atoms with E-state index >= 15 is 0 Å². The Labute approximate surface area is 165 Å². The highest BCUT2D eigenvalue weighted by Gasteiger charge is 2.19. The molecule has 1 atom stereocenters. The molecule has 28 heavy (non-hydrogen) atoms. The molecule has 0 saturated carbocycles. The third kappa shape index (κ3) is 4.12. The molecule has 0 bridgehead atoms. The van der Waals surface area contributed by atoms with E-state index in [0.717, 1.165) is 37.1 Å². The zero-order chi connectivity index (χ0) is 19.3. The number of amides is 1. The summed E-state index contributed by atoms with van der Waals surface area (Å²) in [4.78, 5) is 12.6. The molecule has 2 aromatic carbocycles. The Morgan fingerprint density at radius 1 is 1.07 bits per heavy atom. The largest absolute Gasteiger partial charge is 0.344 e. The van der Waals surface area contributed by atoms with Crippen molar-refractivity contribution in [2.24, 2.45) is 0 Å². The molecule has 1 saturated heterocycles. The van der Waals surface area contributed by atoms with Gasteiger partial charge in [-0.05, 0) is 49.5 Å². The van der Waals surface area contributed by atoms with Crippen LogP contribution in [0, 0.1) is 0 Å². The first kappa shape index (κ1) is 18.4. The molecule has 2 N–H and O–H groups in total. The highest BCUT2D eigenvalue weighted by molar-refractivity contribution is 5.92. The molecular weight excluding hydrogens is 350 g/mol. The van der Waals surface area contributed by atoms with Gasteiger partial charge in [0.25, 0.3) is 5.91 Å². The second-order valence-electron chi connectivity index (χ2n) is 7.25. The van der Waals surface area contributed by atoms with Gasteiger partial charge in [-0.2, -0.15) is 0 Å². The summed E-state index contributed by atoms with van der Waals surface area (Å²) < 4.78 is 1.83. The molecule has 2 heterocycles. The molecule has 4 rings (SSSR count). The molecule has 3 aromatic rings. The van der Waals surface area contributed by atoms with Crippen molar-refractivity contribution in [3.05, 3.63) is 72.1 Å². The van der Waals surface area contributed by atoms with E-state index in [0.29, 0.717) is 11.7 Å². The van der Waals surface area contributed by atoms with E-state index in [1.165, 1.54) is 5.56 Å². The van der Waals surface area contributed by atoms with Gasteiger partial charge in [-0.1, -0.05) is 59.8 Å². The second-order valence-corrected chi connectivity index (χ2v) is 7.25. The maximum Gasteiger partial charge on any atom is 0.273 e. The van der Waals surface area contributed by atoms with Gasteiger partial charge in [0.1, 0.15) is 0 Å². The zero-order valence-corrected chi connectivity index (χ0v) is 16.0. The van der Waals surface area contributed by atoms with Crippen LogP contribution in [-0.4, -0.2) is 34.0 Å². The number of hydrogen-bond donors (Lipinski definition) is 2. The Morgan fingerprint density at radius 3 is 2.46 bits per heavy atom. The van der Waals surface area contributed by atoms with Gasteiger partial charge in [0.2, 0.25) is 0 Å². The summed E-state index contributed by atoms with van der Waals surface area (Å²) in [6.07, 6.45) is 3.78. The minimum atomic E-state index is -0.195. The average molecular weight is 375 g/mol.